The van der Waals surface area contributed by atoms with E-state index in [-0.39, 0.29) is 5.91 Å². The molecule has 1 aromatic carbocycles. The number of hydrogen-bond donors (Lipinski definition) is 1. The fourth-order valence-corrected chi connectivity index (χ4v) is 2.47. The molecule has 2 rings (SSSR count). The van der Waals surface area contributed by atoms with E-state index >= 15 is 0 Å². The van der Waals surface area contributed by atoms with Crippen LogP contribution in [-0.4, -0.2) is 27.2 Å². The summed E-state index contributed by atoms with van der Waals surface area (Å²) in [6.45, 7) is 4.17. The Morgan fingerprint density at radius 2 is 1.72 bits per heavy atom. The third-order valence-corrected chi connectivity index (χ3v) is 3.71. The molecule has 6 nitrogen and oxygen atoms in total. The Balaban J connectivity index is 2.07. The third-order valence-electron chi connectivity index (χ3n) is 3.71. The molecule has 6 heteroatoms. The lowest BCUT2D eigenvalue weighted by Gasteiger charge is -2.12. The van der Waals surface area contributed by atoms with Crippen LogP contribution in [0.15, 0.2) is 28.7 Å². The predicted molar refractivity (Wildman–Crippen MR) is 95.2 cm³/mol. The van der Waals surface area contributed by atoms with Gasteiger partial charge >= 0.3 is 0 Å². The van der Waals surface area contributed by atoms with Crippen molar-refractivity contribution in [2.24, 2.45) is 0 Å². The van der Waals surface area contributed by atoms with Gasteiger partial charge in [-0.15, -0.1) is 0 Å². The van der Waals surface area contributed by atoms with Gasteiger partial charge in [0.15, 0.2) is 11.5 Å². The Kier molecular flexibility index (Phi) is 6.11. The molecule has 134 valence electrons. The molecule has 0 radical (unpaired) electrons. The summed E-state index contributed by atoms with van der Waals surface area (Å²) in [5, 5.41) is 2.83. The summed E-state index contributed by atoms with van der Waals surface area (Å²) in [6.07, 6.45) is 3.15. The summed E-state index contributed by atoms with van der Waals surface area (Å²) in [5.41, 5.74) is 1.73. The lowest BCUT2D eigenvalue weighted by Crippen LogP contribution is -2.20. The van der Waals surface area contributed by atoms with Gasteiger partial charge in [0.05, 0.1) is 21.3 Å². The molecule has 0 saturated carbocycles. The molecule has 0 atom stereocenters. The molecular formula is C19H23NO5. The van der Waals surface area contributed by atoms with Gasteiger partial charge < -0.3 is 23.9 Å². The molecule has 1 N–H and O–H groups in total. The molecule has 2 aromatic rings. The number of aryl methyl sites for hydroxylation is 2. The van der Waals surface area contributed by atoms with Crippen molar-refractivity contribution in [3.05, 3.63) is 46.9 Å². The van der Waals surface area contributed by atoms with Crippen molar-refractivity contribution in [1.29, 1.82) is 0 Å². The topological polar surface area (TPSA) is 69.9 Å². The van der Waals surface area contributed by atoms with Crippen LogP contribution in [0.1, 0.15) is 22.6 Å². The minimum absolute atomic E-state index is 0.202. The number of ether oxygens (including phenoxy) is 3. The zero-order chi connectivity index (χ0) is 18.4. The highest BCUT2D eigenvalue weighted by molar-refractivity contribution is 5.91. The van der Waals surface area contributed by atoms with Crippen molar-refractivity contribution < 1.29 is 23.4 Å². The molecular weight excluding hydrogens is 322 g/mol. The SMILES string of the molecule is COc1cc(/C=C/C(=O)NCc2cc(C)oc2C)cc(OC)c1OC. The van der Waals surface area contributed by atoms with Crippen LogP contribution < -0.4 is 19.5 Å². The van der Waals surface area contributed by atoms with Crippen LogP contribution in [0, 0.1) is 13.8 Å². The zero-order valence-electron chi connectivity index (χ0n) is 15.1. The van der Waals surface area contributed by atoms with Gasteiger partial charge in [0.1, 0.15) is 11.5 Å². The van der Waals surface area contributed by atoms with Crippen LogP contribution in [0.5, 0.6) is 17.2 Å². The number of carbonyl (C=O) groups excluding carboxylic acids is 1. The molecule has 0 bridgehead atoms. The third kappa shape index (κ3) is 4.56. The first-order valence-electron chi connectivity index (χ1n) is 7.80. The number of amides is 1. The maximum Gasteiger partial charge on any atom is 0.244 e. The van der Waals surface area contributed by atoms with E-state index in [0.717, 1.165) is 22.6 Å². The Morgan fingerprint density at radius 1 is 1.08 bits per heavy atom. The maximum atomic E-state index is 12.0. The summed E-state index contributed by atoms with van der Waals surface area (Å²) in [5.74, 6) is 3.02. The number of nitrogens with one attached hydrogen (secondary N) is 1. The summed E-state index contributed by atoms with van der Waals surface area (Å²) in [6, 6.07) is 5.46. The minimum Gasteiger partial charge on any atom is -0.493 e. The quantitative estimate of drug-likeness (QED) is 0.780. The van der Waals surface area contributed by atoms with E-state index in [4.69, 9.17) is 18.6 Å². The van der Waals surface area contributed by atoms with Crippen LogP contribution in [0.25, 0.3) is 6.08 Å². The normalized spacial score (nSPS) is 10.8. The molecule has 1 amide bonds. The first-order valence-corrected chi connectivity index (χ1v) is 7.80. The molecule has 1 aromatic heterocycles. The Morgan fingerprint density at radius 3 is 2.20 bits per heavy atom. The van der Waals surface area contributed by atoms with Crippen LogP contribution in [-0.2, 0) is 11.3 Å². The van der Waals surface area contributed by atoms with Crippen molar-refractivity contribution in [2.75, 3.05) is 21.3 Å². The van der Waals surface area contributed by atoms with Gasteiger partial charge in [-0.3, -0.25) is 4.79 Å². The lowest BCUT2D eigenvalue weighted by atomic mass is 10.1. The van der Waals surface area contributed by atoms with Gasteiger partial charge in [0, 0.05) is 18.2 Å². The van der Waals surface area contributed by atoms with Crippen molar-refractivity contribution in [2.45, 2.75) is 20.4 Å². The molecule has 1 heterocycles. The monoisotopic (exact) mass is 345 g/mol. The molecule has 0 aliphatic rings. The first-order chi connectivity index (χ1) is 12.0. The molecule has 0 aliphatic carbocycles. The Hall–Kier alpha value is -2.89. The molecule has 0 saturated heterocycles. The number of furan rings is 1. The van der Waals surface area contributed by atoms with Crippen molar-refractivity contribution in [3.8, 4) is 17.2 Å². The van der Waals surface area contributed by atoms with Gasteiger partial charge in [-0.1, -0.05) is 0 Å². The Labute approximate surface area is 147 Å². The highest BCUT2D eigenvalue weighted by Crippen LogP contribution is 2.38. The largest absolute Gasteiger partial charge is 0.493 e. The number of hydrogen-bond acceptors (Lipinski definition) is 5. The Bertz CT molecular complexity index is 751. The minimum atomic E-state index is -0.202. The van der Waals surface area contributed by atoms with E-state index in [1.165, 1.54) is 6.08 Å². The standard InChI is InChI=1S/C19H23NO5/c1-12-8-15(13(2)25-12)11-20-18(21)7-6-14-9-16(22-3)19(24-5)17(10-14)23-4/h6-10H,11H2,1-5H3,(H,20,21)/b7-6+. The number of carbonyl (C=O) groups is 1. The summed E-state index contributed by atoms with van der Waals surface area (Å²) < 4.78 is 21.3. The summed E-state index contributed by atoms with van der Waals surface area (Å²) in [4.78, 5) is 12.0. The molecule has 0 spiro atoms. The van der Waals surface area contributed by atoms with Crippen molar-refractivity contribution in [3.63, 3.8) is 0 Å². The van der Waals surface area contributed by atoms with E-state index in [2.05, 4.69) is 5.32 Å². The van der Waals surface area contributed by atoms with E-state index in [1.54, 1.807) is 39.5 Å². The first kappa shape index (κ1) is 18.4. The molecule has 0 unspecified atom stereocenters. The molecule has 0 fully saturated rings. The van der Waals surface area contributed by atoms with Crippen molar-refractivity contribution in [1.82, 2.24) is 5.32 Å². The predicted octanol–water partition coefficient (Wildman–Crippen LogP) is 3.25. The second-order valence-electron chi connectivity index (χ2n) is 5.45. The second-order valence-corrected chi connectivity index (χ2v) is 5.45. The molecule has 0 aliphatic heterocycles. The average Bonchev–Trinajstić information content (AvgIpc) is 2.94. The maximum absolute atomic E-state index is 12.0. The van der Waals surface area contributed by atoms with Gasteiger partial charge in [-0.05, 0) is 43.7 Å². The van der Waals surface area contributed by atoms with Gasteiger partial charge in [-0.2, -0.15) is 0 Å². The summed E-state index contributed by atoms with van der Waals surface area (Å²) >= 11 is 0. The fraction of sp³-hybridized carbons (Fsp3) is 0.316. The summed E-state index contributed by atoms with van der Waals surface area (Å²) in [7, 11) is 4.64. The lowest BCUT2D eigenvalue weighted by molar-refractivity contribution is -0.116. The zero-order valence-corrected chi connectivity index (χ0v) is 15.1. The van der Waals surface area contributed by atoms with Crippen LogP contribution in [0.3, 0.4) is 0 Å². The highest BCUT2D eigenvalue weighted by Gasteiger charge is 2.12. The van der Waals surface area contributed by atoms with Gasteiger partial charge in [0.25, 0.3) is 0 Å². The van der Waals surface area contributed by atoms with E-state index in [9.17, 15) is 4.79 Å². The average molecular weight is 345 g/mol. The fourth-order valence-electron chi connectivity index (χ4n) is 2.47. The number of methoxy groups -OCH3 is 3. The van der Waals surface area contributed by atoms with E-state index in [1.807, 2.05) is 19.9 Å². The highest BCUT2D eigenvalue weighted by atomic mass is 16.5. The second kappa shape index (κ2) is 8.28. The van der Waals surface area contributed by atoms with E-state index in [0.29, 0.717) is 23.8 Å². The van der Waals surface area contributed by atoms with Crippen LogP contribution in [0.2, 0.25) is 0 Å². The number of rotatable bonds is 7. The van der Waals surface area contributed by atoms with E-state index < -0.39 is 0 Å². The molecule has 25 heavy (non-hydrogen) atoms. The van der Waals surface area contributed by atoms with Crippen molar-refractivity contribution >= 4 is 12.0 Å². The van der Waals surface area contributed by atoms with Crippen LogP contribution in [0.4, 0.5) is 0 Å². The van der Waals surface area contributed by atoms with Crippen LogP contribution >= 0.6 is 0 Å². The van der Waals surface area contributed by atoms with Gasteiger partial charge in [-0.25, -0.2) is 0 Å². The smallest absolute Gasteiger partial charge is 0.244 e. The van der Waals surface area contributed by atoms with Gasteiger partial charge in [0.2, 0.25) is 11.7 Å². The number of benzene rings is 1.